The van der Waals surface area contributed by atoms with Crippen molar-refractivity contribution in [2.75, 3.05) is 6.54 Å². The summed E-state index contributed by atoms with van der Waals surface area (Å²) in [5.74, 6) is 1.41. The molecule has 0 aliphatic heterocycles. The van der Waals surface area contributed by atoms with Crippen LogP contribution in [0, 0.1) is 13.8 Å². The molecule has 0 atom stereocenters. The number of aromatic nitrogens is 1. The molecular formula is C27H26N2O3. The summed E-state index contributed by atoms with van der Waals surface area (Å²) in [7, 11) is 0. The summed E-state index contributed by atoms with van der Waals surface area (Å²) < 4.78 is 11.0. The molecule has 0 aliphatic carbocycles. The molecule has 1 aromatic heterocycles. The average molecular weight is 427 g/mol. The van der Waals surface area contributed by atoms with E-state index in [1.165, 1.54) is 11.1 Å². The normalized spacial score (nSPS) is 10.8. The van der Waals surface area contributed by atoms with Gasteiger partial charge < -0.3 is 14.6 Å². The van der Waals surface area contributed by atoms with E-state index in [0.717, 1.165) is 17.0 Å². The fourth-order valence-electron chi connectivity index (χ4n) is 3.66. The molecule has 0 spiro atoms. The van der Waals surface area contributed by atoms with Gasteiger partial charge in [0.25, 0.3) is 5.91 Å². The van der Waals surface area contributed by atoms with Crippen molar-refractivity contribution in [1.29, 1.82) is 0 Å². The lowest BCUT2D eigenvalue weighted by Crippen LogP contribution is -2.28. The highest BCUT2D eigenvalue weighted by atomic mass is 16.5. The smallest absolute Gasteiger partial charge is 0.251 e. The molecule has 1 N–H and O–H groups in total. The van der Waals surface area contributed by atoms with Crippen molar-refractivity contribution in [2.24, 2.45) is 0 Å². The van der Waals surface area contributed by atoms with Crippen molar-refractivity contribution >= 4 is 5.91 Å². The number of benzene rings is 3. The zero-order valence-corrected chi connectivity index (χ0v) is 18.2. The molecule has 1 amide bonds. The van der Waals surface area contributed by atoms with Crippen LogP contribution in [0.15, 0.2) is 89.5 Å². The van der Waals surface area contributed by atoms with Crippen LogP contribution in [0.2, 0.25) is 0 Å². The van der Waals surface area contributed by atoms with Crippen LogP contribution in [-0.2, 0) is 6.61 Å². The first kappa shape index (κ1) is 21.4. The van der Waals surface area contributed by atoms with Gasteiger partial charge in [0.15, 0.2) is 0 Å². The molecule has 0 unspecified atom stereocenters. The molecule has 0 fully saturated rings. The van der Waals surface area contributed by atoms with Gasteiger partial charge in [-0.25, -0.2) is 0 Å². The van der Waals surface area contributed by atoms with Gasteiger partial charge in [0, 0.05) is 18.0 Å². The summed E-state index contributed by atoms with van der Waals surface area (Å²) in [6.45, 7) is 4.64. The van der Waals surface area contributed by atoms with Crippen LogP contribution in [-0.4, -0.2) is 17.6 Å². The summed E-state index contributed by atoms with van der Waals surface area (Å²) in [5.41, 5.74) is 4.70. The third kappa shape index (κ3) is 5.06. The van der Waals surface area contributed by atoms with Crippen LogP contribution < -0.4 is 10.1 Å². The number of aryl methyl sites for hydroxylation is 2. The van der Waals surface area contributed by atoms with E-state index in [2.05, 4.69) is 34.7 Å². The fourth-order valence-corrected chi connectivity index (χ4v) is 3.66. The van der Waals surface area contributed by atoms with Crippen molar-refractivity contribution in [3.63, 3.8) is 0 Å². The highest BCUT2D eigenvalue weighted by molar-refractivity contribution is 5.94. The van der Waals surface area contributed by atoms with E-state index in [4.69, 9.17) is 9.26 Å². The van der Waals surface area contributed by atoms with Gasteiger partial charge in [-0.3, -0.25) is 4.79 Å². The first-order chi connectivity index (χ1) is 15.6. The Labute approximate surface area is 188 Å². The lowest BCUT2D eigenvalue weighted by Gasteiger charge is -2.19. The lowest BCUT2D eigenvalue weighted by molar-refractivity contribution is 0.0952. The van der Waals surface area contributed by atoms with Gasteiger partial charge in [-0.05, 0) is 49.2 Å². The lowest BCUT2D eigenvalue weighted by atomic mass is 9.91. The maximum Gasteiger partial charge on any atom is 0.251 e. The Hall–Kier alpha value is -3.86. The Bertz CT molecular complexity index is 1090. The first-order valence-corrected chi connectivity index (χ1v) is 10.6. The number of ether oxygens (including phenoxy) is 1. The van der Waals surface area contributed by atoms with Crippen molar-refractivity contribution in [3.05, 3.63) is 119 Å². The van der Waals surface area contributed by atoms with Crippen LogP contribution >= 0.6 is 0 Å². The molecule has 162 valence electrons. The Morgan fingerprint density at radius 3 is 2.03 bits per heavy atom. The molecule has 0 saturated carbocycles. The highest BCUT2D eigenvalue weighted by Crippen LogP contribution is 2.24. The summed E-state index contributed by atoms with van der Waals surface area (Å²) in [5, 5.41) is 7.02. The third-order valence-electron chi connectivity index (χ3n) is 5.55. The summed E-state index contributed by atoms with van der Waals surface area (Å²) >= 11 is 0. The van der Waals surface area contributed by atoms with Crippen LogP contribution in [0.4, 0.5) is 0 Å². The van der Waals surface area contributed by atoms with E-state index >= 15 is 0 Å². The van der Waals surface area contributed by atoms with Gasteiger partial charge in [-0.2, -0.15) is 0 Å². The van der Waals surface area contributed by atoms with Gasteiger partial charge in [-0.1, -0.05) is 65.8 Å². The molecule has 4 aromatic rings. The van der Waals surface area contributed by atoms with Gasteiger partial charge in [0.1, 0.15) is 18.1 Å². The van der Waals surface area contributed by atoms with E-state index in [0.29, 0.717) is 24.5 Å². The van der Waals surface area contributed by atoms with E-state index in [9.17, 15) is 4.79 Å². The standard InChI is InChI=1S/C27H26N2O3/c1-19-26(20(2)32-29-19)18-31-24-15-13-23(14-16-24)27(30)28-17-25(21-9-5-3-6-10-21)22-11-7-4-8-12-22/h3-16,25H,17-18H2,1-2H3,(H,28,30). The zero-order chi connectivity index (χ0) is 22.3. The number of nitrogens with one attached hydrogen (secondary N) is 1. The Morgan fingerprint density at radius 1 is 0.906 bits per heavy atom. The van der Waals surface area contributed by atoms with Crippen LogP contribution in [0.3, 0.4) is 0 Å². The number of rotatable bonds is 8. The number of nitrogens with zero attached hydrogens (tertiary/aromatic N) is 1. The van der Waals surface area contributed by atoms with Crippen LogP contribution in [0.25, 0.3) is 0 Å². The second kappa shape index (κ2) is 9.96. The minimum atomic E-state index is -0.112. The Balaban J connectivity index is 1.39. The zero-order valence-electron chi connectivity index (χ0n) is 18.2. The number of hydrogen-bond acceptors (Lipinski definition) is 4. The molecule has 0 aliphatic rings. The number of hydrogen-bond donors (Lipinski definition) is 1. The minimum Gasteiger partial charge on any atom is -0.489 e. The van der Waals surface area contributed by atoms with Gasteiger partial charge in [0.2, 0.25) is 0 Å². The molecule has 4 rings (SSSR count). The highest BCUT2D eigenvalue weighted by Gasteiger charge is 2.16. The van der Waals surface area contributed by atoms with Crippen molar-refractivity contribution in [1.82, 2.24) is 10.5 Å². The Kier molecular flexibility index (Phi) is 6.66. The quantitative estimate of drug-likeness (QED) is 0.408. The largest absolute Gasteiger partial charge is 0.489 e. The number of carbonyl (C=O) groups is 1. The summed E-state index contributed by atoms with van der Waals surface area (Å²) in [4.78, 5) is 12.8. The number of amides is 1. The molecule has 0 radical (unpaired) electrons. The van der Waals surface area contributed by atoms with Crippen molar-refractivity contribution in [3.8, 4) is 5.75 Å². The molecule has 1 heterocycles. The first-order valence-electron chi connectivity index (χ1n) is 10.6. The monoisotopic (exact) mass is 426 g/mol. The maximum absolute atomic E-state index is 12.8. The summed E-state index contributed by atoms with van der Waals surface area (Å²) in [6, 6.07) is 27.6. The van der Waals surface area contributed by atoms with Crippen molar-refractivity contribution < 1.29 is 14.1 Å². The Morgan fingerprint density at radius 2 is 1.50 bits per heavy atom. The van der Waals surface area contributed by atoms with E-state index < -0.39 is 0 Å². The third-order valence-corrected chi connectivity index (χ3v) is 5.55. The van der Waals surface area contributed by atoms with Gasteiger partial charge in [-0.15, -0.1) is 0 Å². The van der Waals surface area contributed by atoms with E-state index in [1.54, 1.807) is 24.3 Å². The van der Waals surface area contributed by atoms with Crippen molar-refractivity contribution in [2.45, 2.75) is 26.4 Å². The molecule has 5 nitrogen and oxygen atoms in total. The van der Waals surface area contributed by atoms with Gasteiger partial charge >= 0.3 is 0 Å². The fraction of sp³-hybridized carbons (Fsp3) is 0.185. The molecule has 3 aromatic carbocycles. The molecule has 5 heteroatoms. The molecule has 0 bridgehead atoms. The predicted molar refractivity (Wildman–Crippen MR) is 124 cm³/mol. The van der Waals surface area contributed by atoms with Gasteiger partial charge in [0.05, 0.1) is 11.3 Å². The molecule has 0 saturated heterocycles. The minimum absolute atomic E-state index is 0.0824. The maximum atomic E-state index is 12.8. The van der Waals surface area contributed by atoms with Crippen LogP contribution in [0.5, 0.6) is 5.75 Å². The molecular weight excluding hydrogens is 400 g/mol. The van der Waals surface area contributed by atoms with E-state index in [1.807, 2.05) is 50.2 Å². The second-order valence-electron chi connectivity index (χ2n) is 7.70. The molecule has 32 heavy (non-hydrogen) atoms. The summed E-state index contributed by atoms with van der Waals surface area (Å²) in [6.07, 6.45) is 0. The SMILES string of the molecule is Cc1noc(C)c1COc1ccc(C(=O)NCC(c2ccccc2)c2ccccc2)cc1. The number of carbonyl (C=O) groups excluding carboxylic acids is 1. The second-order valence-corrected chi connectivity index (χ2v) is 7.70. The topological polar surface area (TPSA) is 64.4 Å². The van der Waals surface area contributed by atoms with Crippen LogP contribution in [0.1, 0.15) is 44.4 Å². The predicted octanol–water partition coefficient (Wildman–Crippen LogP) is 5.43. The average Bonchev–Trinajstić information content (AvgIpc) is 3.16. The van der Waals surface area contributed by atoms with E-state index in [-0.39, 0.29) is 11.8 Å².